The highest BCUT2D eigenvalue weighted by molar-refractivity contribution is 5.83. The number of ketones is 1. The Bertz CT molecular complexity index is 714. The topological polar surface area (TPSA) is 69.7 Å². The first-order valence-corrected chi connectivity index (χ1v) is 10.9. The van der Waals surface area contributed by atoms with Gasteiger partial charge in [-0.1, -0.05) is 33.3 Å². The maximum atomic E-state index is 13.4. The van der Waals surface area contributed by atoms with E-state index in [-0.39, 0.29) is 57.8 Å². The van der Waals surface area contributed by atoms with E-state index < -0.39 is 0 Å². The van der Waals surface area contributed by atoms with Gasteiger partial charge in [0, 0.05) is 37.5 Å². The van der Waals surface area contributed by atoms with Crippen LogP contribution < -0.4 is 0 Å². The second-order valence-electron chi connectivity index (χ2n) is 10.6. The van der Waals surface area contributed by atoms with Gasteiger partial charge in [0.2, 0.25) is 0 Å². The molecule has 0 amide bonds. The normalized spacial score (nSPS) is 44.2. The van der Waals surface area contributed by atoms with E-state index in [0.717, 1.165) is 25.7 Å². The van der Waals surface area contributed by atoms with Crippen LogP contribution in [0.3, 0.4) is 0 Å². The van der Waals surface area contributed by atoms with Crippen LogP contribution in [0.25, 0.3) is 0 Å². The molecule has 0 spiro atoms. The van der Waals surface area contributed by atoms with E-state index in [9.17, 15) is 14.4 Å². The van der Waals surface area contributed by atoms with Gasteiger partial charge in [-0.2, -0.15) is 0 Å². The minimum Gasteiger partial charge on any atom is -0.465 e. The summed E-state index contributed by atoms with van der Waals surface area (Å²) in [6.07, 6.45) is 6.57. The number of hydrogen-bond donors (Lipinski definition) is 0. The Kier molecular flexibility index (Phi) is 5.74. The van der Waals surface area contributed by atoms with E-state index in [2.05, 4.69) is 27.4 Å². The van der Waals surface area contributed by atoms with Gasteiger partial charge in [-0.3, -0.25) is 14.4 Å². The zero-order chi connectivity index (χ0) is 21.6. The molecule has 0 aromatic heterocycles. The van der Waals surface area contributed by atoms with Crippen molar-refractivity contribution in [3.63, 3.8) is 0 Å². The number of Topliss-reactive ketones (excluding diaryl/α,β-unsaturated/α-hetero) is 1. The van der Waals surface area contributed by atoms with Crippen LogP contribution in [-0.2, 0) is 23.9 Å². The Morgan fingerprint density at radius 3 is 2.41 bits per heavy atom. The number of fused-ring (bicyclic) bond motifs is 3. The third kappa shape index (κ3) is 3.89. The SMILES string of the molecule is C=C[C@@]1(C)C[C@@H]2C(=O)C[C@@H]3[C@@](C)(COC(C)=O)CCC[C@@]3(C)[C@H]2[C@H](OC(C)=O)C1. The van der Waals surface area contributed by atoms with E-state index >= 15 is 0 Å². The number of carbonyl (C=O) groups is 3. The van der Waals surface area contributed by atoms with Gasteiger partial charge in [-0.05, 0) is 42.4 Å². The Balaban J connectivity index is 2.01. The molecule has 3 aliphatic rings. The molecule has 0 heterocycles. The number of ether oxygens (including phenoxy) is 2. The molecule has 0 aromatic rings. The lowest BCUT2D eigenvalue weighted by atomic mass is 9.42. The van der Waals surface area contributed by atoms with Crippen molar-refractivity contribution in [1.82, 2.24) is 0 Å². The van der Waals surface area contributed by atoms with Crippen molar-refractivity contribution in [2.75, 3.05) is 6.61 Å². The van der Waals surface area contributed by atoms with Crippen LogP contribution in [0, 0.1) is 34.0 Å². The first-order valence-electron chi connectivity index (χ1n) is 10.9. The second kappa shape index (κ2) is 7.55. The molecule has 3 saturated carbocycles. The van der Waals surface area contributed by atoms with E-state index in [1.807, 2.05) is 6.08 Å². The fourth-order valence-corrected chi connectivity index (χ4v) is 6.94. The standard InChI is InChI=1S/C24H36O5/c1-7-22(4)12-17-18(27)11-20-23(5,14-28-15(2)25)9-8-10-24(20,6)21(17)19(13-22)29-16(3)26/h7,17,19-21H,1,8-14H2,2-6H3/t17-,19-,20-,21-,22+,23-,24-/m1/s1. The van der Waals surface area contributed by atoms with Crippen LogP contribution in [0.5, 0.6) is 0 Å². The van der Waals surface area contributed by atoms with Crippen molar-refractivity contribution in [3.8, 4) is 0 Å². The third-order valence-corrected chi connectivity index (χ3v) is 8.28. The zero-order valence-electron chi connectivity index (χ0n) is 18.6. The molecule has 0 saturated heterocycles. The Morgan fingerprint density at radius 1 is 1.14 bits per heavy atom. The van der Waals surface area contributed by atoms with E-state index in [1.54, 1.807) is 0 Å². The van der Waals surface area contributed by atoms with Crippen molar-refractivity contribution in [1.29, 1.82) is 0 Å². The molecule has 0 unspecified atom stereocenters. The lowest BCUT2D eigenvalue weighted by Crippen LogP contribution is -2.62. The van der Waals surface area contributed by atoms with Crippen LogP contribution in [0.15, 0.2) is 12.7 Å². The molecule has 0 aliphatic heterocycles. The molecular weight excluding hydrogens is 368 g/mol. The molecule has 3 rings (SSSR count). The molecule has 3 fully saturated rings. The maximum Gasteiger partial charge on any atom is 0.302 e. The van der Waals surface area contributed by atoms with Gasteiger partial charge in [0.15, 0.2) is 0 Å². The summed E-state index contributed by atoms with van der Waals surface area (Å²) in [6.45, 7) is 13.8. The number of rotatable bonds is 4. The number of esters is 2. The lowest BCUT2D eigenvalue weighted by Gasteiger charge is -2.62. The Labute approximate surface area is 174 Å². The smallest absolute Gasteiger partial charge is 0.302 e. The molecular formula is C24H36O5. The summed E-state index contributed by atoms with van der Waals surface area (Å²) in [5.41, 5.74) is -0.580. The predicted molar refractivity (Wildman–Crippen MR) is 110 cm³/mol. The zero-order valence-corrected chi connectivity index (χ0v) is 18.6. The maximum absolute atomic E-state index is 13.4. The highest BCUT2D eigenvalue weighted by atomic mass is 16.5. The average Bonchev–Trinajstić information content (AvgIpc) is 2.61. The van der Waals surface area contributed by atoms with Crippen LogP contribution in [0.4, 0.5) is 0 Å². The first-order chi connectivity index (χ1) is 13.4. The first kappa shape index (κ1) is 22.0. The second-order valence-corrected chi connectivity index (χ2v) is 10.6. The van der Waals surface area contributed by atoms with Crippen LogP contribution in [0.2, 0.25) is 0 Å². The summed E-state index contributed by atoms with van der Waals surface area (Å²) in [6, 6.07) is 0. The van der Waals surface area contributed by atoms with Crippen molar-refractivity contribution in [2.45, 2.75) is 79.2 Å². The minimum absolute atomic E-state index is 0.00243. The van der Waals surface area contributed by atoms with Crippen molar-refractivity contribution < 1.29 is 23.9 Å². The van der Waals surface area contributed by atoms with Gasteiger partial charge in [0.25, 0.3) is 0 Å². The molecule has 5 heteroatoms. The summed E-state index contributed by atoms with van der Waals surface area (Å²) >= 11 is 0. The van der Waals surface area contributed by atoms with Crippen molar-refractivity contribution in [2.24, 2.45) is 34.0 Å². The van der Waals surface area contributed by atoms with Gasteiger partial charge in [-0.15, -0.1) is 6.58 Å². The molecule has 0 aromatic carbocycles. The third-order valence-electron chi connectivity index (χ3n) is 8.28. The number of hydrogen-bond acceptors (Lipinski definition) is 5. The highest BCUT2D eigenvalue weighted by Gasteiger charge is 2.63. The average molecular weight is 405 g/mol. The van der Waals surface area contributed by atoms with Crippen LogP contribution in [0.1, 0.15) is 73.1 Å². The highest BCUT2D eigenvalue weighted by Crippen LogP contribution is 2.65. The number of carbonyl (C=O) groups excluding carboxylic acids is 3. The molecule has 5 nitrogen and oxygen atoms in total. The van der Waals surface area contributed by atoms with Crippen molar-refractivity contribution >= 4 is 17.7 Å². The summed E-state index contributed by atoms with van der Waals surface area (Å²) in [4.78, 5) is 36.8. The molecule has 0 radical (unpaired) electrons. The van der Waals surface area contributed by atoms with Crippen LogP contribution >= 0.6 is 0 Å². The summed E-state index contributed by atoms with van der Waals surface area (Å²) in [5.74, 6) is -0.313. The van der Waals surface area contributed by atoms with Gasteiger partial charge in [0.05, 0.1) is 6.61 Å². The summed E-state index contributed by atoms with van der Waals surface area (Å²) < 4.78 is 11.3. The monoisotopic (exact) mass is 404 g/mol. The predicted octanol–water partition coefficient (Wildman–Crippen LogP) is 4.49. The summed E-state index contributed by atoms with van der Waals surface area (Å²) in [7, 11) is 0. The lowest BCUT2D eigenvalue weighted by molar-refractivity contribution is -0.197. The molecule has 0 N–H and O–H groups in total. The summed E-state index contributed by atoms with van der Waals surface area (Å²) in [5, 5.41) is 0. The molecule has 7 atom stereocenters. The van der Waals surface area contributed by atoms with E-state index in [0.29, 0.717) is 19.4 Å². The Hall–Kier alpha value is -1.65. The molecule has 3 aliphatic carbocycles. The molecule has 162 valence electrons. The van der Waals surface area contributed by atoms with Crippen LogP contribution in [-0.4, -0.2) is 30.4 Å². The van der Waals surface area contributed by atoms with Crippen molar-refractivity contribution in [3.05, 3.63) is 12.7 Å². The van der Waals surface area contributed by atoms with Gasteiger partial charge >= 0.3 is 11.9 Å². The molecule has 0 bridgehead atoms. The largest absolute Gasteiger partial charge is 0.465 e. The fraction of sp³-hybridized carbons (Fsp3) is 0.792. The Morgan fingerprint density at radius 2 is 1.83 bits per heavy atom. The van der Waals surface area contributed by atoms with E-state index in [4.69, 9.17) is 9.47 Å². The van der Waals surface area contributed by atoms with Gasteiger partial charge < -0.3 is 9.47 Å². The van der Waals surface area contributed by atoms with E-state index in [1.165, 1.54) is 13.8 Å². The number of allylic oxidation sites excluding steroid dienone is 1. The quantitative estimate of drug-likeness (QED) is 0.510. The van der Waals surface area contributed by atoms with Gasteiger partial charge in [-0.25, -0.2) is 0 Å². The fourth-order valence-electron chi connectivity index (χ4n) is 6.94. The molecule has 29 heavy (non-hydrogen) atoms. The minimum atomic E-state index is -0.293. The van der Waals surface area contributed by atoms with Gasteiger partial charge in [0.1, 0.15) is 11.9 Å².